The lowest BCUT2D eigenvalue weighted by Gasteiger charge is -2.31. The maximum Gasteiger partial charge on any atom is 0.339 e. The van der Waals surface area contributed by atoms with Gasteiger partial charge in [0.2, 0.25) is 5.91 Å². The number of para-hydroxylation sites is 1. The first-order chi connectivity index (χ1) is 9.63. The van der Waals surface area contributed by atoms with Crippen molar-refractivity contribution in [2.24, 2.45) is 0 Å². The minimum atomic E-state index is -1.34. The summed E-state index contributed by atoms with van der Waals surface area (Å²) < 4.78 is 4.83. The molecular weight excluding hydrogens is 260 g/mol. The first-order valence-corrected chi connectivity index (χ1v) is 6.58. The lowest BCUT2D eigenvalue weighted by atomic mass is 10.1. The van der Waals surface area contributed by atoms with Crippen molar-refractivity contribution in [3.05, 3.63) is 29.8 Å². The fourth-order valence-electron chi connectivity index (χ4n) is 2.20. The summed E-state index contributed by atoms with van der Waals surface area (Å²) in [6, 6.07) is 7.01. The van der Waals surface area contributed by atoms with Gasteiger partial charge in [0.1, 0.15) is 0 Å². The van der Waals surface area contributed by atoms with Gasteiger partial charge in [0.15, 0.2) is 6.10 Å². The molecule has 0 spiro atoms. The summed E-state index contributed by atoms with van der Waals surface area (Å²) in [5, 5.41) is 12.8. The number of esters is 1. The van der Waals surface area contributed by atoms with Gasteiger partial charge in [-0.15, -0.1) is 0 Å². The van der Waals surface area contributed by atoms with E-state index in [2.05, 4.69) is 5.32 Å². The molecule has 2 rings (SSSR count). The van der Waals surface area contributed by atoms with Crippen LogP contribution in [0.1, 0.15) is 18.6 Å². The molecule has 1 saturated heterocycles. The number of amides is 1. The highest BCUT2D eigenvalue weighted by Crippen LogP contribution is 2.27. The topological polar surface area (TPSA) is 78.9 Å². The average Bonchev–Trinajstić information content (AvgIpc) is 2.47. The van der Waals surface area contributed by atoms with Crippen molar-refractivity contribution >= 4 is 17.6 Å². The van der Waals surface area contributed by atoms with Gasteiger partial charge in [-0.1, -0.05) is 18.2 Å². The van der Waals surface area contributed by atoms with E-state index < -0.39 is 12.1 Å². The van der Waals surface area contributed by atoms with Crippen LogP contribution in [0.2, 0.25) is 0 Å². The lowest BCUT2D eigenvalue weighted by molar-refractivity contribution is -0.153. The van der Waals surface area contributed by atoms with Crippen molar-refractivity contribution in [1.29, 1.82) is 0 Å². The molecule has 1 heterocycles. The van der Waals surface area contributed by atoms with Gasteiger partial charge in [0.05, 0.1) is 13.2 Å². The Hall–Kier alpha value is -2.08. The van der Waals surface area contributed by atoms with Crippen LogP contribution in [-0.4, -0.2) is 43.2 Å². The third-order valence-electron chi connectivity index (χ3n) is 3.12. The van der Waals surface area contributed by atoms with E-state index in [0.29, 0.717) is 24.3 Å². The van der Waals surface area contributed by atoms with Gasteiger partial charge < -0.3 is 20.1 Å². The number of hydrogen-bond donors (Lipinski definition) is 2. The van der Waals surface area contributed by atoms with Crippen molar-refractivity contribution in [3.8, 4) is 0 Å². The van der Waals surface area contributed by atoms with Gasteiger partial charge in [0.25, 0.3) is 0 Å². The molecule has 20 heavy (non-hydrogen) atoms. The molecule has 0 bridgehead atoms. The molecule has 0 aromatic heterocycles. The molecule has 1 amide bonds. The van der Waals surface area contributed by atoms with Gasteiger partial charge in [-0.25, -0.2) is 4.79 Å². The summed E-state index contributed by atoms with van der Waals surface area (Å²) in [5.74, 6) is -0.752. The molecule has 0 radical (unpaired) electrons. The summed E-state index contributed by atoms with van der Waals surface area (Å²) in [7, 11) is 0. The maximum absolute atomic E-state index is 11.7. The predicted molar refractivity (Wildman–Crippen MR) is 73.3 cm³/mol. The SMILES string of the molecule is CCOC(=O)C(O)c1ccccc1N1CCNC(=O)C1. The van der Waals surface area contributed by atoms with E-state index in [-0.39, 0.29) is 19.1 Å². The largest absolute Gasteiger partial charge is 0.464 e. The lowest BCUT2D eigenvalue weighted by Crippen LogP contribution is -2.48. The normalized spacial score (nSPS) is 16.5. The number of aliphatic hydroxyl groups excluding tert-OH is 1. The number of ether oxygens (including phenoxy) is 1. The van der Waals surface area contributed by atoms with Crippen LogP contribution in [0.15, 0.2) is 24.3 Å². The molecule has 1 aromatic carbocycles. The van der Waals surface area contributed by atoms with Crippen molar-refractivity contribution in [1.82, 2.24) is 5.32 Å². The van der Waals surface area contributed by atoms with Gasteiger partial charge >= 0.3 is 5.97 Å². The summed E-state index contributed by atoms with van der Waals surface area (Å²) in [6.07, 6.45) is -1.34. The number of nitrogens with one attached hydrogen (secondary N) is 1. The van der Waals surface area contributed by atoms with E-state index in [1.807, 2.05) is 11.0 Å². The Balaban J connectivity index is 2.25. The molecule has 1 atom stereocenters. The van der Waals surface area contributed by atoms with Crippen molar-refractivity contribution < 1.29 is 19.4 Å². The number of anilines is 1. The highest BCUT2D eigenvalue weighted by molar-refractivity contribution is 5.84. The monoisotopic (exact) mass is 278 g/mol. The Kier molecular flexibility index (Phi) is 4.57. The first-order valence-electron chi connectivity index (χ1n) is 6.58. The number of carbonyl (C=O) groups is 2. The van der Waals surface area contributed by atoms with E-state index >= 15 is 0 Å². The quantitative estimate of drug-likeness (QED) is 0.770. The summed E-state index contributed by atoms with van der Waals surface area (Å²) >= 11 is 0. The second kappa shape index (κ2) is 6.38. The minimum Gasteiger partial charge on any atom is -0.464 e. The number of rotatable bonds is 4. The fraction of sp³-hybridized carbons (Fsp3) is 0.429. The van der Waals surface area contributed by atoms with Crippen LogP contribution in [0.3, 0.4) is 0 Å². The molecule has 2 N–H and O–H groups in total. The zero-order valence-electron chi connectivity index (χ0n) is 11.3. The standard InChI is InChI=1S/C14H18N2O4/c1-2-20-14(19)13(18)10-5-3-4-6-11(10)16-8-7-15-12(17)9-16/h3-6,13,18H,2,7-9H2,1H3,(H,15,17). The smallest absolute Gasteiger partial charge is 0.339 e. The molecule has 6 nitrogen and oxygen atoms in total. The Morgan fingerprint density at radius 1 is 1.50 bits per heavy atom. The molecule has 1 aromatic rings. The molecule has 0 saturated carbocycles. The molecule has 108 valence electrons. The van der Waals surface area contributed by atoms with Gasteiger partial charge in [-0.2, -0.15) is 0 Å². The average molecular weight is 278 g/mol. The highest BCUT2D eigenvalue weighted by Gasteiger charge is 2.25. The van der Waals surface area contributed by atoms with Crippen LogP contribution < -0.4 is 10.2 Å². The van der Waals surface area contributed by atoms with E-state index in [1.54, 1.807) is 25.1 Å². The zero-order valence-corrected chi connectivity index (χ0v) is 11.3. The second-order valence-corrected chi connectivity index (χ2v) is 4.48. The van der Waals surface area contributed by atoms with E-state index in [1.165, 1.54) is 0 Å². The summed E-state index contributed by atoms with van der Waals surface area (Å²) in [5.41, 5.74) is 1.14. The van der Waals surface area contributed by atoms with Gasteiger partial charge in [-0.3, -0.25) is 4.79 Å². The van der Waals surface area contributed by atoms with E-state index in [9.17, 15) is 14.7 Å². The van der Waals surface area contributed by atoms with Crippen molar-refractivity contribution in [2.45, 2.75) is 13.0 Å². The Morgan fingerprint density at radius 3 is 2.95 bits per heavy atom. The molecule has 0 aliphatic carbocycles. The summed E-state index contributed by atoms with van der Waals surface area (Å²) in [4.78, 5) is 25.0. The number of nitrogens with zero attached hydrogens (tertiary/aromatic N) is 1. The highest BCUT2D eigenvalue weighted by atomic mass is 16.5. The number of hydrogen-bond acceptors (Lipinski definition) is 5. The molecule has 1 unspecified atom stereocenters. The Labute approximate surface area is 117 Å². The summed E-state index contributed by atoms with van der Waals surface area (Å²) in [6.45, 7) is 3.29. The Morgan fingerprint density at radius 2 is 2.25 bits per heavy atom. The van der Waals surface area contributed by atoms with Crippen LogP contribution in [0.5, 0.6) is 0 Å². The third-order valence-corrected chi connectivity index (χ3v) is 3.12. The van der Waals surface area contributed by atoms with Crippen LogP contribution in [-0.2, 0) is 14.3 Å². The third kappa shape index (κ3) is 3.08. The van der Waals surface area contributed by atoms with Crippen LogP contribution in [0.25, 0.3) is 0 Å². The Bertz CT molecular complexity index is 504. The molecule has 1 aliphatic heterocycles. The second-order valence-electron chi connectivity index (χ2n) is 4.48. The minimum absolute atomic E-state index is 0.0725. The molecule has 1 aliphatic rings. The fourth-order valence-corrected chi connectivity index (χ4v) is 2.20. The number of aliphatic hydroxyl groups is 1. The number of piperazine rings is 1. The number of benzene rings is 1. The maximum atomic E-state index is 11.7. The van der Waals surface area contributed by atoms with Crippen molar-refractivity contribution in [2.75, 3.05) is 31.1 Å². The molecule has 1 fully saturated rings. The van der Waals surface area contributed by atoms with Crippen LogP contribution >= 0.6 is 0 Å². The first kappa shape index (κ1) is 14.3. The van der Waals surface area contributed by atoms with Crippen molar-refractivity contribution in [3.63, 3.8) is 0 Å². The van der Waals surface area contributed by atoms with E-state index in [4.69, 9.17) is 4.74 Å². The molecule has 6 heteroatoms. The predicted octanol–water partition coefficient (Wildman–Crippen LogP) is 0.219. The van der Waals surface area contributed by atoms with E-state index in [0.717, 1.165) is 0 Å². The van der Waals surface area contributed by atoms with Gasteiger partial charge in [-0.05, 0) is 13.0 Å². The van der Waals surface area contributed by atoms with Gasteiger partial charge in [0, 0.05) is 24.3 Å². The molecular formula is C14H18N2O4. The number of carbonyl (C=O) groups excluding carboxylic acids is 2. The van der Waals surface area contributed by atoms with Crippen LogP contribution in [0.4, 0.5) is 5.69 Å². The zero-order chi connectivity index (χ0) is 14.5. The van der Waals surface area contributed by atoms with Crippen LogP contribution in [0, 0.1) is 0 Å².